The number of aromatic amines is 1. The third-order valence-corrected chi connectivity index (χ3v) is 5.59. The molecule has 2 N–H and O–H groups in total. The SMILES string of the molecule is O=C(Cn1[nH]c(=O)c2ccccc2c1=O)Nc1ncc(Cc2ccccc2Cl)s1. The van der Waals surface area contributed by atoms with Gasteiger partial charge in [-0.25, -0.2) is 9.67 Å². The van der Waals surface area contributed by atoms with Gasteiger partial charge in [-0.05, 0) is 23.8 Å². The van der Waals surface area contributed by atoms with Gasteiger partial charge in [-0.15, -0.1) is 11.3 Å². The van der Waals surface area contributed by atoms with Gasteiger partial charge in [-0.3, -0.25) is 19.5 Å². The first-order valence-electron chi connectivity index (χ1n) is 8.71. The van der Waals surface area contributed by atoms with Gasteiger partial charge < -0.3 is 5.32 Å². The molecule has 0 aliphatic heterocycles. The molecule has 0 aliphatic rings. The molecule has 4 aromatic rings. The van der Waals surface area contributed by atoms with Crippen molar-refractivity contribution in [2.75, 3.05) is 5.32 Å². The molecule has 0 atom stereocenters. The number of aromatic nitrogens is 3. The minimum Gasteiger partial charge on any atom is -0.300 e. The van der Waals surface area contributed by atoms with E-state index in [4.69, 9.17) is 11.6 Å². The van der Waals surface area contributed by atoms with E-state index < -0.39 is 17.0 Å². The van der Waals surface area contributed by atoms with E-state index in [9.17, 15) is 14.4 Å². The lowest BCUT2D eigenvalue weighted by molar-refractivity contribution is -0.117. The maximum Gasteiger partial charge on any atom is 0.273 e. The van der Waals surface area contributed by atoms with Crippen LogP contribution in [0.15, 0.2) is 64.3 Å². The zero-order valence-corrected chi connectivity index (χ0v) is 16.6. The van der Waals surface area contributed by atoms with Crippen molar-refractivity contribution in [2.24, 2.45) is 0 Å². The van der Waals surface area contributed by atoms with Crippen molar-refractivity contribution in [3.63, 3.8) is 0 Å². The lowest BCUT2D eigenvalue weighted by Gasteiger charge is -2.06. The molecule has 4 rings (SSSR count). The van der Waals surface area contributed by atoms with E-state index in [0.29, 0.717) is 22.0 Å². The third-order valence-electron chi connectivity index (χ3n) is 4.31. The molecule has 7 nitrogen and oxygen atoms in total. The van der Waals surface area contributed by atoms with Gasteiger partial charge >= 0.3 is 0 Å². The van der Waals surface area contributed by atoms with E-state index in [1.54, 1.807) is 30.5 Å². The lowest BCUT2D eigenvalue weighted by atomic mass is 10.1. The zero-order chi connectivity index (χ0) is 20.4. The van der Waals surface area contributed by atoms with Gasteiger partial charge in [0, 0.05) is 22.5 Å². The standard InChI is InChI=1S/C20H15ClN4O3S/c21-16-8-4-1-5-12(16)9-13-10-22-20(29-13)23-17(26)11-25-19(28)15-7-3-2-6-14(15)18(27)24-25/h1-8,10H,9,11H2,(H,24,27)(H,22,23,26). The molecule has 2 heterocycles. The molecule has 0 bridgehead atoms. The average molecular weight is 427 g/mol. The number of hydrogen-bond donors (Lipinski definition) is 2. The van der Waals surface area contributed by atoms with Crippen LogP contribution >= 0.6 is 22.9 Å². The molecule has 0 aliphatic carbocycles. The Morgan fingerprint density at radius 1 is 1.10 bits per heavy atom. The predicted octanol–water partition coefficient (Wildman–Crippen LogP) is 3.03. The van der Waals surface area contributed by atoms with Gasteiger partial charge in [-0.2, -0.15) is 0 Å². The molecule has 0 saturated carbocycles. The Balaban J connectivity index is 1.48. The highest BCUT2D eigenvalue weighted by molar-refractivity contribution is 7.15. The number of rotatable bonds is 5. The first-order chi connectivity index (χ1) is 14.0. The first-order valence-corrected chi connectivity index (χ1v) is 9.90. The lowest BCUT2D eigenvalue weighted by Crippen LogP contribution is -2.34. The highest BCUT2D eigenvalue weighted by Crippen LogP contribution is 2.24. The van der Waals surface area contributed by atoms with Crippen LogP contribution < -0.4 is 16.4 Å². The summed E-state index contributed by atoms with van der Waals surface area (Å²) >= 11 is 7.50. The van der Waals surface area contributed by atoms with E-state index in [-0.39, 0.29) is 11.9 Å². The first kappa shape index (κ1) is 19.1. The Morgan fingerprint density at radius 3 is 2.62 bits per heavy atom. The topological polar surface area (TPSA) is 96.9 Å². The summed E-state index contributed by atoms with van der Waals surface area (Å²) in [6.07, 6.45) is 2.28. The number of carbonyl (C=O) groups is 1. The Bertz CT molecular complexity index is 1330. The summed E-state index contributed by atoms with van der Waals surface area (Å²) in [5.74, 6) is -0.461. The van der Waals surface area contributed by atoms with Crippen molar-refractivity contribution < 1.29 is 4.79 Å². The Morgan fingerprint density at radius 2 is 1.83 bits per heavy atom. The molecule has 0 spiro atoms. The van der Waals surface area contributed by atoms with Crippen molar-refractivity contribution in [1.29, 1.82) is 0 Å². The molecule has 1 amide bonds. The average Bonchev–Trinajstić information content (AvgIpc) is 3.14. The highest BCUT2D eigenvalue weighted by Gasteiger charge is 2.12. The molecule has 0 saturated heterocycles. The van der Waals surface area contributed by atoms with Gasteiger partial charge in [0.05, 0.1) is 10.8 Å². The molecule has 146 valence electrons. The van der Waals surface area contributed by atoms with Crippen LogP contribution in [0.3, 0.4) is 0 Å². The number of nitrogens with zero attached hydrogens (tertiary/aromatic N) is 2. The van der Waals surface area contributed by atoms with E-state index >= 15 is 0 Å². The third kappa shape index (κ3) is 4.13. The second-order valence-corrected chi connectivity index (χ2v) is 7.85. The van der Waals surface area contributed by atoms with Gasteiger partial charge in [0.1, 0.15) is 6.54 Å². The molecule has 29 heavy (non-hydrogen) atoms. The number of fused-ring (bicyclic) bond motifs is 1. The number of halogens is 1. The van der Waals surface area contributed by atoms with Crippen LogP contribution in [0.2, 0.25) is 5.02 Å². The van der Waals surface area contributed by atoms with Crippen LogP contribution in [0.5, 0.6) is 0 Å². The molecule has 9 heteroatoms. The van der Waals surface area contributed by atoms with Crippen LogP contribution in [0, 0.1) is 0 Å². The number of amides is 1. The van der Waals surface area contributed by atoms with Gasteiger partial charge in [0.25, 0.3) is 11.1 Å². The van der Waals surface area contributed by atoms with Crippen molar-refractivity contribution >= 4 is 44.7 Å². The van der Waals surface area contributed by atoms with Crippen molar-refractivity contribution in [3.05, 3.63) is 90.9 Å². The molecule has 0 fully saturated rings. The Hall–Kier alpha value is -3.23. The number of benzene rings is 2. The fourth-order valence-corrected chi connectivity index (χ4v) is 3.99. The maximum absolute atomic E-state index is 12.5. The molecule has 2 aromatic heterocycles. The molecule has 2 aromatic carbocycles. The second kappa shape index (κ2) is 8.02. The zero-order valence-electron chi connectivity index (χ0n) is 15.0. The summed E-state index contributed by atoms with van der Waals surface area (Å²) in [7, 11) is 0. The minimum absolute atomic E-state index is 0.264. The van der Waals surface area contributed by atoms with Crippen molar-refractivity contribution in [3.8, 4) is 0 Å². The quantitative estimate of drug-likeness (QED) is 0.512. The number of carbonyl (C=O) groups excluding carboxylic acids is 1. The Labute approximate surface area is 173 Å². The van der Waals surface area contributed by atoms with Crippen LogP contribution in [-0.4, -0.2) is 20.7 Å². The van der Waals surface area contributed by atoms with Crippen LogP contribution in [0.25, 0.3) is 10.8 Å². The van der Waals surface area contributed by atoms with Gasteiger partial charge in [0.15, 0.2) is 5.13 Å². The fourth-order valence-electron chi connectivity index (χ4n) is 2.94. The monoisotopic (exact) mass is 426 g/mol. The number of nitrogens with one attached hydrogen (secondary N) is 2. The van der Waals surface area contributed by atoms with E-state index in [2.05, 4.69) is 15.4 Å². The largest absolute Gasteiger partial charge is 0.300 e. The number of H-pyrrole nitrogens is 1. The van der Waals surface area contributed by atoms with Crippen molar-refractivity contribution in [1.82, 2.24) is 14.8 Å². The molecule has 0 radical (unpaired) electrons. The summed E-state index contributed by atoms with van der Waals surface area (Å²) in [6.45, 7) is -0.321. The maximum atomic E-state index is 12.5. The summed E-state index contributed by atoms with van der Waals surface area (Å²) < 4.78 is 0.998. The van der Waals surface area contributed by atoms with Crippen LogP contribution in [-0.2, 0) is 17.8 Å². The summed E-state index contributed by atoms with van der Waals surface area (Å²) in [4.78, 5) is 42.1. The minimum atomic E-state index is -0.461. The molecular formula is C20H15ClN4O3S. The number of anilines is 1. The smallest absolute Gasteiger partial charge is 0.273 e. The molecular weight excluding hydrogens is 412 g/mol. The summed E-state index contributed by atoms with van der Waals surface area (Å²) in [5.41, 5.74) is 0.106. The summed E-state index contributed by atoms with van der Waals surface area (Å²) in [5, 5.41) is 6.73. The fraction of sp³-hybridized carbons (Fsp3) is 0.100. The number of hydrogen-bond acceptors (Lipinski definition) is 5. The van der Waals surface area contributed by atoms with Crippen LogP contribution in [0.1, 0.15) is 10.4 Å². The normalized spacial score (nSPS) is 10.9. The van der Waals surface area contributed by atoms with E-state index in [1.165, 1.54) is 11.3 Å². The summed E-state index contributed by atoms with van der Waals surface area (Å²) in [6, 6.07) is 14.0. The van der Waals surface area contributed by atoms with E-state index in [1.807, 2.05) is 24.3 Å². The Kier molecular flexibility index (Phi) is 5.28. The predicted molar refractivity (Wildman–Crippen MR) is 114 cm³/mol. The number of thiazole rings is 1. The van der Waals surface area contributed by atoms with Gasteiger partial charge in [0.2, 0.25) is 5.91 Å². The van der Waals surface area contributed by atoms with E-state index in [0.717, 1.165) is 15.1 Å². The second-order valence-electron chi connectivity index (χ2n) is 6.33. The van der Waals surface area contributed by atoms with Crippen molar-refractivity contribution in [2.45, 2.75) is 13.0 Å². The molecule has 0 unspecified atom stereocenters. The highest BCUT2D eigenvalue weighted by atomic mass is 35.5. The van der Waals surface area contributed by atoms with Crippen LogP contribution in [0.4, 0.5) is 5.13 Å². The van der Waals surface area contributed by atoms with Gasteiger partial charge in [-0.1, -0.05) is 41.9 Å².